The molecule has 0 aliphatic heterocycles. The van der Waals surface area contributed by atoms with Crippen molar-refractivity contribution in [2.24, 2.45) is 5.92 Å². The van der Waals surface area contributed by atoms with E-state index in [2.05, 4.69) is 19.2 Å². The van der Waals surface area contributed by atoms with Crippen LogP contribution in [0.1, 0.15) is 37.6 Å². The lowest BCUT2D eigenvalue weighted by Crippen LogP contribution is -2.55. The summed E-state index contributed by atoms with van der Waals surface area (Å²) < 4.78 is 44.3. The average Bonchev–Trinajstić information content (AvgIpc) is 2.45. The highest BCUT2D eigenvalue weighted by molar-refractivity contribution is 6.50. The number of ether oxygens (including phenoxy) is 1. The first-order valence-corrected chi connectivity index (χ1v) is 7.52. The van der Waals surface area contributed by atoms with E-state index in [1.165, 1.54) is 0 Å². The number of amides is 1. The highest BCUT2D eigenvalue weighted by Gasteiger charge is 2.24. The normalized spacial score (nSPS) is 12.0. The van der Waals surface area contributed by atoms with Crippen LogP contribution in [0, 0.1) is 5.92 Å². The Morgan fingerprint density at radius 3 is 2.12 bits per heavy atom. The monoisotopic (exact) mass is 350 g/mol. The fourth-order valence-electron chi connectivity index (χ4n) is 1.82. The van der Waals surface area contributed by atoms with E-state index in [0.717, 1.165) is 6.42 Å². The standard InChI is InChI=1S/C15H22N2O2.BF4/c1-4-19-14(16)13(10-11(2)3)17-15(18)12-8-6-5-7-9-12;2-1(3,4)5/h5-9,11,13,16H,4,10H2,1-3H3,(H,17,18);/q;-1/p+1. The molecule has 1 amide bonds. The molecule has 1 aromatic carbocycles. The molecule has 0 bridgehead atoms. The number of rotatable bonds is 6. The largest absolute Gasteiger partial charge is 0.673 e. The van der Waals surface area contributed by atoms with Crippen LogP contribution in [-0.2, 0) is 4.74 Å². The summed E-state index contributed by atoms with van der Waals surface area (Å²) in [5.74, 6) is 0.662. The van der Waals surface area contributed by atoms with Crippen LogP contribution in [0.4, 0.5) is 17.3 Å². The van der Waals surface area contributed by atoms with Gasteiger partial charge in [-0.2, -0.15) is 0 Å². The van der Waals surface area contributed by atoms with Crippen molar-refractivity contribution in [3.8, 4) is 0 Å². The van der Waals surface area contributed by atoms with Crippen molar-refractivity contribution in [1.29, 1.82) is 0 Å². The van der Waals surface area contributed by atoms with Gasteiger partial charge in [-0.3, -0.25) is 4.79 Å². The number of hydrogen-bond donors (Lipinski definition) is 2. The first kappa shape index (κ1) is 21.9. The van der Waals surface area contributed by atoms with E-state index in [9.17, 15) is 22.1 Å². The van der Waals surface area contributed by atoms with Crippen molar-refractivity contribution in [2.75, 3.05) is 6.61 Å². The molecular formula is C15H23BF4N2O2. The number of benzene rings is 1. The smallest absolute Gasteiger partial charge is 0.447 e. The van der Waals surface area contributed by atoms with E-state index in [-0.39, 0.29) is 11.9 Å². The Labute approximate surface area is 139 Å². The number of carbonyl (C=O) groups excluding carboxylic acids is 1. The molecule has 9 heteroatoms. The first-order chi connectivity index (χ1) is 11.0. The van der Waals surface area contributed by atoms with Gasteiger partial charge in [0.2, 0.25) is 0 Å². The van der Waals surface area contributed by atoms with Crippen LogP contribution in [-0.4, -0.2) is 31.7 Å². The summed E-state index contributed by atoms with van der Waals surface area (Å²) in [6.45, 7) is 6.54. The lowest BCUT2D eigenvalue weighted by atomic mass is 10.0. The van der Waals surface area contributed by atoms with Gasteiger partial charge < -0.3 is 27.3 Å². The van der Waals surface area contributed by atoms with Crippen LogP contribution in [0.2, 0.25) is 0 Å². The molecule has 1 atom stereocenters. The first-order valence-electron chi connectivity index (χ1n) is 7.52. The van der Waals surface area contributed by atoms with Crippen molar-refractivity contribution < 1.29 is 32.2 Å². The van der Waals surface area contributed by atoms with Crippen LogP contribution >= 0.6 is 0 Å². The molecule has 24 heavy (non-hydrogen) atoms. The molecule has 1 aromatic rings. The van der Waals surface area contributed by atoms with Crippen molar-refractivity contribution in [1.82, 2.24) is 5.32 Å². The molecule has 0 aliphatic carbocycles. The van der Waals surface area contributed by atoms with Gasteiger partial charge in [0, 0.05) is 5.56 Å². The van der Waals surface area contributed by atoms with Crippen LogP contribution in [0.15, 0.2) is 30.3 Å². The fourth-order valence-corrected chi connectivity index (χ4v) is 1.82. The minimum Gasteiger partial charge on any atom is -0.447 e. The third-order valence-electron chi connectivity index (χ3n) is 2.70. The van der Waals surface area contributed by atoms with E-state index >= 15 is 0 Å². The molecule has 0 aromatic heterocycles. The molecule has 0 fully saturated rings. The minimum atomic E-state index is -6.00. The van der Waals surface area contributed by atoms with E-state index in [4.69, 9.17) is 10.1 Å². The van der Waals surface area contributed by atoms with Gasteiger partial charge in [-0.15, -0.1) is 0 Å². The zero-order valence-corrected chi connectivity index (χ0v) is 13.9. The number of carbonyl (C=O) groups is 1. The number of halogens is 4. The molecule has 4 nitrogen and oxygen atoms in total. The van der Waals surface area contributed by atoms with Crippen molar-refractivity contribution in [3.63, 3.8) is 0 Å². The average molecular weight is 350 g/mol. The molecule has 0 aliphatic rings. The summed E-state index contributed by atoms with van der Waals surface area (Å²) >= 11 is 0. The van der Waals surface area contributed by atoms with E-state index < -0.39 is 7.25 Å². The molecule has 1 unspecified atom stereocenters. The van der Waals surface area contributed by atoms with Gasteiger partial charge in [0.25, 0.3) is 5.91 Å². The number of nitrogens with two attached hydrogens (primary N) is 1. The second-order valence-electron chi connectivity index (χ2n) is 5.35. The highest BCUT2D eigenvalue weighted by Crippen LogP contribution is 2.08. The summed E-state index contributed by atoms with van der Waals surface area (Å²) in [7, 11) is -6.00. The number of nitrogens with one attached hydrogen (secondary N) is 1. The van der Waals surface area contributed by atoms with Gasteiger partial charge >= 0.3 is 13.2 Å². The Bertz CT molecular complexity index is 504. The minimum absolute atomic E-state index is 0.131. The maximum atomic E-state index is 12.1. The SMILES string of the molecule is CCOC(=[NH2+])C(CC(C)C)NC(=O)c1ccccc1.F[B-](F)(F)F. The zero-order chi connectivity index (χ0) is 18.8. The van der Waals surface area contributed by atoms with Gasteiger partial charge in [-0.1, -0.05) is 32.0 Å². The maximum Gasteiger partial charge on any atom is 0.673 e. The van der Waals surface area contributed by atoms with Crippen molar-refractivity contribution in [3.05, 3.63) is 35.9 Å². The second kappa shape index (κ2) is 10.7. The second-order valence-corrected chi connectivity index (χ2v) is 5.35. The maximum absolute atomic E-state index is 12.1. The Morgan fingerprint density at radius 1 is 1.21 bits per heavy atom. The zero-order valence-electron chi connectivity index (χ0n) is 13.9. The van der Waals surface area contributed by atoms with Crippen molar-refractivity contribution >= 4 is 19.1 Å². The molecule has 0 radical (unpaired) electrons. The third kappa shape index (κ3) is 11.5. The van der Waals surface area contributed by atoms with Gasteiger partial charge in [0.1, 0.15) is 0 Å². The summed E-state index contributed by atoms with van der Waals surface area (Å²) in [6.07, 6.45) is 0.754. The van der Waals surface area contributed by atoms with Crippen LogP contribution in [0.25, 0.3) is 0 Å². The van der Waals surface area contributed by atoms with Gasteiger partial charge in [0.15, 0.2) is 6.04 Å². The van der Waals surface area contributed by atoms with Gasteiger partial charge in [0.05, 0.1) is 6.61 Å². The van der Waals surface area contributed by atoms with Crippen LogP contribution < -0.4 is 10.7 Å². The molecular weight excluding hydrogens is 327 g/mol. The number of hydrogen-bond acceptors (Lipinski definition) is 2. The highest BCUT2D eigenvalue weighted by atomic mass is 19.5. The summed E-state index contributed by atoms with van der Waals surface area (Å²) in [5.41, 5.74) is 0.626. The molecule has 0 spiro atoms. The Kier molecular flexibility index (Phi) is 9.76. The predicted octanol–water partition coefficient (Wildman–Crippen LogP) is 2.33. The molecule has 1 rings (SSSR count). The van der Waals surface area contributed by atoms with Crippen LogP contribution in [0.5, 0.6) is 0 Å². The predicted molar refractivity (Wildman–Crippen MR) is 85.9 cm³/mol. The molecule has 0 saturated carbocycles. The Morgan fingerprint density at radius 2 is 1.71 bits per heavy atom. The van der Waals surface area contributed by atoms with Crippen molar-refractivity contribution in [2.45, 2.75) is 33.2 Å². The summed E-state index contributed by atoms with van der Waals surface area (Å²) in [5, 5.41) is 8.81. The quantitative estimate of drug-likeness (QED) is 0.358. The van der Waals surface area contributed by atoms with Gasteiger partial charge in [-0.05, 0) is 31.4 Å². The summed E-state index contributed by atoms with van der Waals surface area (Å²) in [4.78, 5) is 12.1. The molecule has 0 heterocycles. The lowest BCUT2D eigenvalue weighted by Gasteiger charge is -2.17. The van der Waals surface area contributed by atoms with E-state index in [1.54, 1.807) is 12.1 Å². The van der Waals surface area contributed by atoms with Crippen LogP contribution in [0.3, 0.4) is 0 Å². The third-order valence-corrected chi connectivity index (χ3v) is 2.70. The fraction of sp³-hybridized carbons (Fsp3) is 0.467. The lowest BCUT2D eigenvalue weighted by molar-refractivity contribution is -0.145. The molecule has 3 N–H and O–H groups in total. The molecule has 0 saturated heterocycles. The van der Waals surface area contributed by atoms with E-state index in [0.29, 0.717) is 24.0 Å². The molecule has 136 valence electrons. The Hall–Kier alpha value is -2.06. The Balaban J connectivity index is 0.000000922. The summed E-state index contributed by atoms with van der Waals surface area (Å²) in [6, 6.07) is 8.84. The topological polar surface area (TPSA) is 63.9 Å². The van der Waals surface area contributed by atoms with E-state index in [1.807, 2.05) is 25.1 Å². The van der Waals surface area contributed by atoms with Gasteiger partial charge in [-0.25, -0.2) is 5.41 Å².